The van der Waals surface area contributed by atoms with Crippen molar-refractivity contribution in [2.45, 2.75) is 26.3 Å². The Hall–Kier alpha value is -1.79. The van der Waals surface area contributed by atoms with Crippen LogP contribution >= 0.6 is 0 Å². The summed E-state index contributed by atoms with van der Waals surface area (Å²) in [7, 11) is 1.69. The summed E-state index contributed by atoms with van der Waals surface area (Å²) in [6.45, 7) is 4.50. The highest BCUT2D eigenvalue weighted by molar-refractivity contribution is 5.87. The number of rotatable bonds is 3. The molecule has 19 heavy (non-hydrogen) atoms. The van der Waals surface area contributed by atoms with E-state index in [0.717, 1.165) is 0 Å². The van der Waals surface area contributed by atoms with Gasteiger partial charge in [0.15, 0.2) is 0 Å². The Kier molecular flexibility index (Phi) is 5.14. The number of amides is 3. The van der Waals surface area contributed by atoms with Crippen LogP contribution < -0.4 is 5.32 Å². The van der Waals surface area contributed by atoms with Crippen LogP contribution in [0.25, 0.3) is 0 Å². The second kappa shape index (κ2) is 6.40. The van der Waals surface area contributed by atoms with Gasteiger partial charge in [0.2, 0.25) is 5.91 Å². The van der Waals surface area contributed by atoms with E-state index in [1.165, 1.54) is 4.90 Å². The zero-order valence-corrected chi connectivity index (χ0v) is 11.5. The van der Waals surface area contributed by atoms with Crippen LogP contribution in [0.5, 0.6) is 0 Å². The normalized spacial score (nSPS) is 18.2. The minimum atomic E-state index is -1.07. The fourth-order valence-corrected chi connectivity index (χ4v) is 1.90. The number of carbonyl (C=O) groups excluding carboxylic acids is 2. The highest BCUT2D eigenvalue weighted by Gasteiger charge is 2.28. The molecule has 1 aliphatic heterocycles. The number of nitrogens with zero attached hydrogens (tertiary/aromatic N) is 2. The monoisotopic (exact) mass is 271 g/mol. The van der Waals surface area contributed by atoms with Crippen LogP contribution in [0.3, 0.4) is 0 Å². The maximum atomic E-state index is 12.0. The molecule has 1 rings (SSSR count). The highest BCUT2D eigenvalue weighted by atomic mass is 16.4. The van der Waals surface area contributed by atoms with E-state index in [-0.39, 0.29) is 18.4 Å². The molecular weight excluding hydrogens is 250 g/mol. The van der Waals surface area contributed by atoms with Crippen molar-refractivity contribution in [3.05, 3.63) is 0 Å². The Morgan fingerprint density at radius 1 is 1.32 bits per heavy atom. The molecule has 7 heteroatoms. The third-order valence-corrected chi connectivity index (χ3v) is 3.17. The van der Waals surface area contributed by atoms with Crippen LogP contribution in [0.2, 0.25) is 0 Å². The third kappa shape index (κ3) is 4.11. The zero-order chi connectivity index (χ0) is 14.6. The van der Waals surface area contributed by atoms with Crippen molar-refractivity contribution in [2.75, 3.05) is 26.7 Å². The number of likely N-dealkylation sites (N-methyl/N-ethyl adjacent to an activating group) is 1. The van der Waals surface area contributed by atoms with E-state index in [9.17, 15) is 14.4 Å². The van der Waals surface area contributed by atoms with Gasteiger partial charge in [-0.15, -0.1) is 0 Å². The van der Waals surface area contributed by atoms with Crippen LogP contribution in [0, 0.1) is 5.92 Å². The molecule has 7 nitrogen and oxygen atoms in total. The minimum Gasteiger partial charge on any atom is -0.480 e. The average molecular weight is 271 g/mol. The number of carboxylic acid groups (broad SMARTS) is 1. The molecule has 1 heterocycles. The first-order valence-electron chi connectivity index (χ1n) is 6.35. The third-order valence-electron chi connectivity index (χ3n) is 3.17. The highest BCUT2D eigenvalue weighted by Crippen LogP contribution is 2.06. The van der Waals surface area contributed by atoms with Crippen molar-refractivity contribution in [2.24, 2.45) is 5.92 Å². The maximum absolute atomic E-state index is 12.0. The molecule has 1 fully saturated rings. The van der Waals surface area contributed by atoms with E-state index >= 15 is 0 Å². The van der Waals surface area contributed by atoms with E-state index in [0.29, 0.717) is 19.5 Å². The van der Waals surface area contributed by atoms with Crippen LogP contribution in [0.1, 0.15) is 20.3 Å². The molecular formula is C12H21N3O4. The van der Waals surface area contributed by atoms with E-state index in [4.69, 9.17) is 5.11 Å². The number of nitrogens with one attached hydrogen (secondary N) is 1. The number of urea groups is 1. The second-order valence-corrected chi connectivity index (χ2v) is 5.10. The Labute approximate surface area is 112 Å². The summed E-state index contributed by atoms with van der Waals surface area (Å²) >= 11 is 0. The topological polar surface area (TPSA) is 90.0 Å². The van der Waals surface area contributed by atoms with Crippen LogP contribution in [0.4, 0.5) is 4.79 Å². The molecule has 0 aliphatic carbocycles. The van der Waals surface area contributed by atoms with Gasteiger partial charge in [-0.25, -0.2) is 9.59 Å². The van der Waals surface area contributed by atoms with E-state index in [2.05, 4.69) is 5.32 Å². The van der Waals surface area contributed by atoms with Gasteiger partial charge >= 0.3 is 12.0 Å². The standard InChI is InChI=1S/C12H21N3O4/c1-8(2)10(11(17)18)13-12(19)15-6-4-5-14(3)9(16)7-15/h8,10H,4-7H2,1-3H3,(H,13,19)(H,17,18)/t10-/m1/s1. The first kappa shape index (κ1) is 15.3. The van der Waals surface area contributed by atoms with Crippen LogP contribution in [-0.4, -0.2) is 65.5 Å². The largest absolute Gasteiger partial charge is 0.480 e. The lowest BCUT2D eigenvalue weighted by Crippen LogP contribution is -2.51. The van der Waals surface area contributed by atoms with Gasteiger partial charge in [-0.1, -0.05) is 13.8 Å². The first-order valence-corrected chi connectivity index (χ1v) is 6.35. The Morgan fingerprint density at radius 2 is 1.95 bits per heavy atom. The molecule has 1 atom stereocenters. The van der Waals surface area contributed by atoms with Crippen molar-refractivity contribution in [1.29, 1.82) is 0 Å². The number of hydrogen-bond donors (Lipinski definition) is 2. The van der Waals surface area contributed by atoms with Gasteiger partial charge in [-0.3, -0.25) is 4.79 Å². The molecule has 0 bridgehead atoms. The average Bonchev–Trinajstić information content (AvgIpc) is 2.48. The van der Waals surface area contributed by atoms with E-state index in [1.54, 1.807) is 25.8 Å². The predicted octanol–water partition coefficient (Wildman–Crippen LogP) is -0.0307. The molecule has 0 unspecified atom stereocenters. The van der Waals surface area contributed by atoms with Gasteiger partial charge in [-0.05, 0) is 12.3 Å². The molecule has 0 radical (unpaired) electrons. The summed E-state index contributed by atoms with van der Waals surface area (Å²) < 4.78 is 0. The molecule has 0 saturated carbocycles. The van der Waals surface area contributed by atoms with Crippen molar-refractivity contribution < 1.29 is 19.5 Å². The summed E-state index contributed by atoms with van der Waals surface area (Å²) in [6, 6.07) is -1.44. The van der Waals surface area contributed by atoms with Crippen molar-refractivity contribution in [3.63, 3.8) is 0 Å². The van der Waals surface area contributed by atoms with Gasteiger partial charge in [0.25, 0.3) is 0 Å². The van der Waals surface area contributed by atoms with Gasteiger partial charge in [0.1, 0.15) is 12.6 Å². The Balaban J connectivity index is 2.66. The maximum Gasteiger partial charge on any atom is 0.326 e. The minimum absolute atomic E-state index is 0.00717. The fraction of sp³-hybridized carbons (Fsp3) is 0.750. The summed E-state index contributed by atoms with van der Waals surface area (Å²) in [5.74, 6) is -1.42. The molecule has 0 aromatic carbocycles. The zero-order valence-electron chi connectivity index (χ0n) is 11.5. The molecule has 3 amide bonds. The van der Waals surface area contributed by atoms with Crippen LogP contribution in [-0.2, 0) is 9.59 Å². The lowest BCUT2D eigenvalue weighted by molar-refractivity contribution is -0.140. The molecule has 0 aromatic heterocycles. The number of aliphatic carboxylic acids is 1. The van der Waals surface area contributed by atoms with Crippen molar-refractivity contribution >= 4 is 17.9 Å². The molecule has 0 aromatic rings. The Bertz CT molecular complexity index is 370. The molecule has 1 aliphatic rings. The summed E-state index contributed by atoms with van der Waals surface area (Å²) in [6.07, 6.45) is 0.690. The molecule has 1 saturated heterocycles. The van der Waals surface area contributed by atoms with Gasteiger partial charge < -0.3 is 20.2 Å². The smallest absolute Gasteiger partial charge is 0.326 e. The lowest BCUT2D eigenvalue weighted by atomic mass is 10.1. The molecule has 2 N–H and O–H groups in total. The first-order chi connectivity index (χ1) is 8.82. The quantitative estimate of drug-likeness (QED) is 0.754. The van der Waals surface area contributed by atoms with Crippen molar-refractivity contribution in [3.8, 4) is 0 Å². The SMILES string of the molecule is CC(C)[C@@H](NC(=O)N1CCCN(C)C(=O)C1)C(=O)O. The second-order valence-electron chi connectivity index (χ2n) is 5.10. The summed E-state index contributed by atoms with van der Waals surface area (Å²) in [5.41, 5.74) is 0. The summed E-state index contributed by atoms with van der Waals surface area (Å²) in [5, 5.41) is 11.5. The summed E-state index contributed by atoms with van der Waals surface area (Å²) in [4.78, 5) is 37.6. The predicted molar refractivity (Wildman–Crippen MR) is 68.6 cm³/mol. The number of carboxylic acids is 1. The van der Waals surface area contributed by atoms with Gasteiger partial charge in [-0.2, -0.15) is 0 Å². The van der Waals surface area contributed by atoms with Gasteiger partial charge in [0, 0.05) is 20.1 Å². The molecule has 0 spiro atoms. The number of carbonyl (C=O) groups is 3. The Morgan fingerprint density at radius 3 is 2.47 bits per heavy atom. The number of hydrogen-bond acceptors (Lipinski definition) is 3. The lowest BCUT2D eigenvalue weighted by Gasteiger charge is -2.24. The molecule has 108 valence electrons. The van der Waals surface area contributed by atoms with Gasteiger partial charge in [0.05, 0.1) is 0 Å². The fourth-order valence-electron chi connectivity index (χ4n) is 1.90. The van der Waals surface area contributed by atoms with E-state index < -0.39 is 18.0 Å². The van der Waals surface area contributed by atoms with E-state index in [1.807, 2.05) is 0 Å². The van der Waals surface area contributed by atoms with Crippen LogP contribution in [0.15, 0.2) is 0 Å². The van der Waals surface area contributed by atoms with Crippen molar-refractivity contribution in [1.82, 2.24) is 15.1 Å².